The molecule has 1 saturated heterocycles. The lowest BCUT2D eigenvalue weighted by Crippen LogP contribution is -2.31. The normalized spacial score (nSPS) is 15.6. The molecule has 5 heteroatoms. The Morgan fingerprint density at radius 3 is 2.72 bits per heavy atom. The van der Waals surface area contributed by atoms with Crippen LogP contribution in [0.2, 0.25) is 0 Å². The minimum absolute atomic E-state index is 0.00249. The van der Waals surface area contributed by atoms with Crippen molar-refractivity contribution in [2.45, 2.75) is 19.1 Å². The van der Waals surface area contributed by atoms with E-state index in [1.54, 1.807) is 6.20 Å². The molecule has 0 N–H and O–H groups in total. The lowest BCUT2D eigenvalue weighted by Gasteiger charge is -2.18. The summed E-state index contributed by atoms with van der Waals surface area (Å²) in [5.41, 5.74) is 2.57. The number of nitrogens with zero attached hydrogens (tertiary/aromatic N) is 2. The number of hydrogen-bond acceptors (Lipinski definition) is 4. The first kappa shape index (κ1) is 20.1. The van der Waals surface area contributed by atoms with E-state index in [0.29, 0.717) is 31.0 Å². The number of rotatable bonds is 6. The molecule has 5 rings (SSSR count). The van der Waals surface area contributed by atoms with Crippen molar-refractivity contribution in [1.29, 1.82) is 0 Å². The molecule has 1 aliphatic rings. The monoisotopic (exact) mass is 424 g/mol. The van der Waals surface area contributed by atoms with Crippen LogP contribution < -0.4 is 9.47 Å². The first-order valence-corrected chi connectivity index (χ1v) is 10.8. The molecule has 0 saturated carbocycles. The van der Waals surface area contributed by atoms with Crippen LogP contribution in [-0.2, 0) is 6.61 Å². The summed E-state index contributed by atoms with van der Waals surface area (Å²) >= 11 is 0. The molecule has 1 aliphatic heterocycles. The number of carbonyl (C=O) groups is 1. The Morgan fingerprint density at radius 1 is 0.969 bits per heavy atom. The molecule has 0 bridgehead atoms. The van der Waals surface area contributed by atoms with Gasteiger partial charge in [0.25, 0.3) is 5.91 Å². The zero-order valence-corrected chi connectivity index (χ0v) is 17.7. The number of likely N-dealkylation sites (tertiary alicyclic amines) is 1. The summed E-state index contributed by atoms with van der Waals surface area (Å²) in [6.07, 6.45) is 2.51. The van der Waals surface area contributed by atoms with Crippen molar-refractivity contribution >= 4 is 16.8 Å². The van der Waals surface area contributed by atoms with E-state index >= 15 is 0 Å². The maximum absolute atomic E-state index is 13.1. The molecule has 0 radical (unpaired) electrons. The summed E-state index contributed by atoms with van der Waals surface area (Å²) < 4.78 is 12.1. The maximum Gasteiger partial charge on any atom is 0.254 e. The number of hydrogen-bond donors (Lipinski definition) is 0. The standard InChI is InChI=1S/C27H24N2O3/c30-27(22-10-4-12-23(17-22)31-19-20-7-2-1-3-8-20)29-16-14-24(18-29)32-25-13-5-9-21-11-6-15-28-26(21)25/h1-13,15,17,24H,14,16,18-19H2. The van der Waals surface area contributed by atoms with Crippen LogP contribution in [0.3, 0.4) is 0 Å². The first-order valence-electron chi connectivity index (χ1n) is 10.8. The molecule has 1 unspecified atom stereocenters. The van der Waals surface area contributed by atoms with Gasteiger partial charge in [0.2, 0.25) is 0 Å². The predicted octanol–water partition coefficient (Wildman–Crippen LogP) is 5.11. The summed E-state index contributed by atoms with van der Waals surface area (Å²) in [6.45, 7) is 1.69. The Bertz CT molecular complexity index is 1220. The van der Waals surface area contributed by atoms with E-state index in [1.807, 2.05) is 89.8 Å². The SMILES string of the molecule is O=C(c1cccc(OCc2ccccc2)c1)N1CCC(Oc2cccc3cccnc23)C1. The largest absolute Gasteiger partial charge is 0.489 e. The highest BCUT2D eigenvalue weighted by Gasteiger charge is 2.29. The lowest BCUT2D eigenvalue weighted by molar-refractivity contribution is 0.0772. The number of benzene rings is 3. The highest BCUT2D eigenvalue weighted by atomic mass is 16.5. The number of para-hydroxylation sites is 1. The Kier molecular flexibility index (Phi) is 5.71. The van der Waals surface area contributed by atoms with Crippen LogP contribution in [0.4, 0.5) is 0 Å². The van der Waals surface area contributed by atoms with Gasteiger partial charge in [0.05, 0.1) is 6.54 Å². The molecule has 32 heavy (non-hydrogen) atoms. The van der Waals surface area contributed by atoms with Crippen LogP contribution in [0.15, 0.2) is 91.1 Å². The van der Waals surface area contributed by atoms with Gasteiger partial charge in [0.1, 0.15) is 29.7 Å². The Hall–Kier alpha value is -3.86. The topological polar surface area (TPSA) is 51.7 Å². The third-order valence-corrected chi connectivity index (χ3v) is 5.65. The van der Waals surface area contributed by atoms with Crippen molar-refractivity contribution in [3.05, 3.63) is 102 Å². The predicted molar refractivity (Wildman–Crippen MR) is 124 cm³/mol. The molecule has 1 amide bonds. The first-order chi connectivity index (χ1) is 15.8. The van der Waals surface area contributed by atoms with Gasteiger partial charge in [-0.25, -0.2) is 0 Å². The summed E-state index contributed by atoms with van der Waals surface area (Å²) in [6, 6.07) is 27.2. The van der Waals surface area contributed by atoms with Gasteiger partial charge in [-0.2, -0.15) is 0 Å². The Morgan fingerprint density at radius 2 is 1.81 bits per heavy atom. The van der Waals surface area contributed by atoms with Crippen LogP contribution in [0.25, 0.3) is 10.9 Å². The Balaban J connectivity index is 1.23. The number of pyridine rings is 1. The minimum Gasteiger partial charge on any atom is -0.489 e. The minimum atomic E-state index is -0.0518. The average Bonchev–Trinajstić information content (AvgIpc) is 3.32. The second kappa shape index (κ2) is 9.10. The van der Waals surface area contributed by atoms with E-state index in [2.05, 4.69) is 4.98 Å². The van der Waals surface area contributed by atoms with Gasteiger partial charge in [-0.1, -0.05) is 54.6 Å². The third kappa shape index (κ3) is 4.42. The van der Waals surface area contributed by atoms with Crippen LogP contribution in [0.5, 0.6) is 11.5 Å². The molecule has 1 aromatic heterocycles. The van der Waals surface area contributed by atoms with Crippen LogP contribution in [0, 0.1) is 0 Å². The zero-order valence-electron chi connectivity index (χ0n) is 17.7. The fraction of sp³-hybridized carbons (Fsp3) is 0.185. The van der Waals surface area contributed by atoms with Crippen molar-refractivity contribution in [2.24, 2.45) is 0 Å². The van der Waals surface area contributed by atoms with Gasteiger partial charge in [-0.3, -0.25) is 9.78 Å². The molecule has 5 nitrogen and oxygen atoms in total. The van der Waals surface area contributed by atoms with Gasteiger partial charge in [-0.15, -0.1) is 0 Å². The van der Waals surface area contributed by atoms with E-state index in [0.717, 1.165) is 28.6 Å². The number of ether oxygens (including phenoxy) is 2. The van der Waals surface area contributed by atoms with E-state index in [-0.39, 0.29) is 12.0 Å². The van der Waals surface area contributed by atoms with Crippen molar-refractivity contribution < 1.29 is 14.3 Å². The van der Waals surface area contributed by atoms with Crippen molar-refractivity contribution in [3.8, 4) is 11.5 Å². The summed E-state index contributed by atoms with van der Waals surface area (Å²) in [5.74, 6) is 1.45. The van der Waals surface area contributed by atoms with Gasteiger partial charge < -0.3 is 14.4 Å². The zero-order chi connectivity index (χ0) is 21.8. The van der Waals surface area contributed by atoms with E-state index in [1.165, 1.54) is 0 Å². The number of fused-ring (bicyclic) bond motifs is 1. The van der Waals surface area contributed by atoms with Gasteiger partial charge in [0.15, 0.2) is 0 Å². The molecule has 0 aliphatic carbocycles. The molecular formula is C27H24N2O3. The fourth-order valence-electron chi connectivity index (χ4n) is 4.00. The molecule has 1 fully saturated rings. The molecule has 160 valence electrons. The third-order valence-electron chi connectivity index (χ3n) is 5.65. The van der Waals surface area contributed by atoms with E-state index < -0.39 is 0 Å². The number of aromatic nitrogens is 1. The second-order valence-corrected chi connectivity index (χ2v) is 7.91. The lowest BCUT2D eigenvalue weighted by atomic mass is 10.2. The van der Waals surface area contributed by atoms with Gasteiger partial charge in [-0.05, 0) is 35.9 Å². The van der Waals surface area contributed by atoms with Crippen LogP contribution in [0.1, 0.15) is 22.3 Å². The quantitative estimate of drug-likeness (QED) is 0.432. The molecule has 1 atom stereocenters. The van der Waals surface area contributed by atoms with Crippen molar-refractivity contribution in [3.63, 3.8) is 0 Å². The molecule has 4 aromatic rings. The van der Waals surface area contributed by atoms with Gasteiger partial charge >= 0.3 is 0 Å². The smallest absolute Gasteiger partial charge is 0.254 e. The molecular weight excluding hydrogens is 400 g/mol. The van der Waals surface area contributed by atoms with E-state index in [9.17, 15) is 4.79 Å². The molecule has 2 heterocycles. The second-order valence-electron chi connectivity index (χ2n) is 7.91. The maximum atomic E-state index is 13.1. The highest BCUT2D eigenvalue weighted by Crippen LogP contribution is 2.27. The van der Waals surface area contributed by atoms with Crippen molar-refractivity contribution in [2.75, 3.05) is 13.1 Å². The Labute approximate surface area is 187 Å². The highest BCUT2D eigenvalue weighted by molar-refractivity contribution is 5.94. The summed E-state index contributed by atoms with van der Waals surface area (Å²) in [4.78, 5) is 19.4. The number of amides is 1. The van der Waals surface area contributed by atoms with Crippen LogP contribution in [-0.4, -0.2) is 35.0 Å². The fourth-order valence-corrected chi connectivity index (χ4v) is 4.00. The van der Waals surface area contributed by atoms with E-state index in [4.69, 9.17) is 9.47 Å². The van der Waals surface area contributed by atoms with Crippen molar-refractivity contribution in [1.82, 2.24) is 9.88 Å². The summed E-state index contributed by atoms with van der Waals surface area (Å²) in [7, 11) is 0. The molecule has 0 spiro atoms. The number of carbonyl (C=O) groups excluding carboxylic acids is 1. The van der Waals surface area contributed by atoms with Gasteiger partial charge in [0, 0.05) is 30.1 Å². The molecule has 3 aromatic carbocycles. The average molecular weight is 425 g/mol. The van der Waals surface area contributed by atoms with Crippen LogP contribution >= 0.6 is 0 Å². The summed E-state index contributed by atoms with van der Waals surface area (Å²) in [5, 5.41) is 1.04.